The maximum atomic E-state index is 7.90. The van der Waals surface area contributed by atoms with Crippen molar-refractivity contribution in [2.75, 3.05) is 0 Å². The Morgan fingerprint density at radius 3 is 2.57 bits per heavy atom. The van der Waals surface area contributed by atoms with Crippen molar-refractivity contribution in [3.05, 3.63) is 0 Å². The molecule has 0 aromatic rings. The molecule has 0 heterocycles. The van der Waals surface area contributed by atoms with Crippen molar-refractivity contribution >= 4 is 0 Å². The lowest BCUT2D eigenvalue weighted by atomic mass is 10.3. The largest absolute Gasteiger partial charge is 0.425 e. The third kappa shape index (κ3) is 3.11. The van der Waals surface area contributed by atoms with Gasteiger partial charge in [0.15, 0.2) is 0 Å². The number of hydrogen-bond donors (Lipinski definition) is 0. The molecule has 0 aromatic carbocycles. The Balaban J connectivity index is 3.03. The third-order valence-corrected chi connectivity index (χ3v) is 0.829. The van der Waals surface area contributed by atoms with Gasteiger partial charge in [0.1, 0.15) is 6.10 Å². The average molecular weight is 99.1 g/mol. The highest BCUT2D eigenvalue weighted by Crippen LogP contribution is 1.91. The molecule has 0 rings (SSSR count). The number of nitriles is 1. The minimum absolute atomic E-state index is 0.0880. The van der Waals surface area contributed by atoms with E-state index in [1.54, 1.807) is 6.26 Å². The zero-order chi connectivity index (χ0) is 5.70. The first-order valence-corrected chi connectivity index (χ1v) is 2.36. The van der Waals surface area contributed by atoms with Gasteiger partial charge >= 0.3 is 0 Å². The fourth-order valence-corrected chi connectivity index (χ4v) is 0.173. The molecule has 0 aliphatic rings. The summed E-state index contributed by atoms with van der Waals surface area (Å²) in [6.45, 7) is 3.84. The maximum Gasteiger partial charge on any atom is 0.286 e. The number of hydrogen-bond acceptors (Lipinski definition) is 2. The predicted molar refractivity (Wildman–Crippen MR) is 26.5 cm³/mol. The molecule has 0 N–H and O–H groups in total. The summed E-state index contributed by atoms with van der Waals surface area (Å²) in [5.41, 5.74) is 0. The van der Waals surface area contributed by atoms with E-state index in [9.17, 15) is 0 Å². The van der Waals surface area contributed by atoms with E-state index in [-0.39, 0.29) is 6.10 Å². The van der Waals surface area contributed by atoms with Crippen molar-refractivity contribution in [2.24, 2.45) is 0 Å². The topological polar surface area (TPSA) is 33.0 Å². The summed E-state index contributed by atoms with van der Waals surface area (Å²) in [4.78, 5) is 0. The van der Waals surface area contributed by atoms with Crippen molar-refractivity contribution in [3.63, 3.8) is 0 Å². The molecule has 0 aromatic heterocycles. The highest BCUT2D eigenvalue weighted by molar-refractivity contribution is 4.53. The number of rotatable bonds is 2. The molecule has 1 atom stereocenters. The smallest absolute Gasteiger partial charge is 0.286 e. The van der Waals surface area contributed by atoms with E-state index in [0.29, 0.717) is 0 Å². The molecule has 7 heavy (non-hydrogen) atoms. The molecule has 0 saturated heterocycles. The Morgan fingerprint density at radius 2 is 2.43 bits per heavy atom. The van der Waals surface area contributed by atoms with Crippen LogP contribution in [0.2, 0.25) is 0 Å². The molecule has 40 valence electrons. The minimum Gasteiger partial charge on any atom is -0.425 e. The van der Waals surface area contributed by atoms with Gasteiger partial charge in [-0.1, -0.05) is 6.92 Å². The zero-order valence-corrected chi connectivity index (χ0v) is 4.64. The normalized spacial score (nSPS) is 12.1. The molecule has 0 saturated carbocycles. The molecule has 0 radical (unpaired) electrons. The molecule has 0 aliphatic heterocycles. The molecule has 0 aliphatic carbocycles. The van der Waals surface area contributed by atoms with Crippen molar-refractivity contribution in [1.29, 1.82) is 5.26 Å². The van der Waals surface area contributed by atoms with Crippen LogP contribution >= 0.6 is 0 Å². The monoisotopic (exact) mass is 99.1 g/mol. The first-order chi connectivity index (χ1) is 3.31. The predicted octanol–water partition coefficient (Wildman–Crippen LogP) is 1.28. The van der Waals surface area contributed by atoms with Crippen LogP contribution in [0.4, 0.5) is 0 Å². The lowest BCUT2D eigenvalue weighted by molar-refractivity contribution is 0.175. The molecule has 0 amide bonds. The van der Waals surface area contributed by atoms with Gasteiger partial charge in [-0.05, 0) is 13.3 Å². The first-order valence-electron chi connectivity index (χ1n) is 2.36. The Kier molecular flexibility index (Phi) is 3.13. The molecule has 0 fully saturated rings. The second kappa shape index (κ2) is 3.48. The van der Waals surface area contributed by atoms with E-state index in [1.165, 1.54) is 0 Å². The summed E-state index contributed by atoms with van der Waals surface area (Å²) < 4.78 is 4.50. The van der Waals surface area contributed by atoms with Gasteiger partial charge in [0, 0.05) is 0 Å². The van der Waals surface area contributed by atoms with Crippen molar-refractivity contribution in [3.8, 4) is 6.26 Å². The zero-order valence-electron chi connectivity index (χ0n) is 4.64. The van der Waals surface area contributed by atoms with Gasteiger partial charge in [0.25, 0.3) is 6.26 Å². The maximum absolute atomic E-state index is 7.90. The van der Waals surface area contributed by atoms with Crippen molar-refractivity contribution in [2.45, 2.75) is 26.4 Å². The second-order valence-corrected chi connectivity index (χ2v) is 1.43. The SMILES string of the molecule is CCC(C)OC#N. The summed E-state index contributed by atoms with van der Waals surface area (Å²) in [6, 6.07) is 0. The number of ether oxygens (including phenoxy) is 1. The van der Waals surface area contributed by atoms with Gasteiger partial charge in [0.2, 0.25) is 0 Å². The summed E-state index contributed by atoms with van der Waals surface area (Å²) in [5.74, 6) is 0. The average Bonchev–Trinajstić information content (AvgIpc) is 1.68. The van der Waals surface area contributed by atoms with E-state index < -0.39 is 0 Å². The second-order valence-electron chi connectivity index (χ2n) is 1.43. The van der Waals surface area contributed by atoms with Gasteiger partial charge in [-0.25, -0.2) is 0 Å². The van der Waals surface area contributed by atoms with Crippen LogP contribution in [0.5, 0.6) is 0 Å². The highest BCUT2D eigenvalue weighted by atomic mass is 16.5. The van der Waals surface area contributed by atoms with Gasteiger partial charge in [-0.2, -0.15) is 5.26 Å². The van der Waals surface area contributed by atoms with Gasteiger partial charge < -0.3 is 4.74 Å². The summed E-state index contributed by atoms with van der Waals surface area (Å²) in [6.07, 6.45) is 2.60. The van der Waals surface area contributed by atoms with Crippen molar-refractivity contribution < 1.29 is 4.74 Å². The Morgan fingerprint density at radius 1 is 1.86 bits per heavy atom. The first kappa shape index (κ1) is 6.29. The highest BCUT2D eigenvalue weighted by Gasteiger charge is 1.92. The van der Waals surface area contributed by atoms with Crippen LogP contribution < -0.4 is 0 Å². The Labute approximate surface area is 43.7 Å². The standard InChI is InChI=1S/C5H9NO/c1-3-5(2)7-4-6/h5H,3H2,1-2H3. The summed E-state index contributed by atoms with van der Waals surface area (Å²) in [7, 11) is 0. The van der Waals surface area contributed by atoms with Gasteiger partial charge in [-0.3, -0.25) is 0 Å². The van der Waals surface area contributed by atoms with Crippen LogP contribution in [-0.4, -0.2) is 6.10 Å². The van der Waals surface area contributed by atoms with E-state index in [2.05, 4.69) is 4.74 Å². The molecular weight excluding hydrogens is 90.1 g/mol. The van der Waals surface area contributed by atoms with E-state index in [4.69, 9.17) is 5.26 Å². The molecule has 0 spiro atoms. The van der Waals surface area contributed by atoms with Crippen LogP contribution in [0.25, 0.3) is 0 Å². The summed E-state index contributed by atoms with van der Waals surface area (Å²) in [5, 5.41) is 7.90. The molecular formula is C5H9NO. The van der Waals surface area contributed by atoms with Crippen LogP contribution in [-0.2, 0) is 4.74 Å². The van der Waals surface area contributed by atoms with Gasteiger partial charge in [-0.15, -0.1) is 0 Å². The number of nitrogens with zero attached hydrogens (tertiary/aromatic N) is 1. The van der Waals surface area contributed by atoms with E-state index in [0.717, 1.165) is 6.42 Å². The van der Waals surface area contributed by atoms with Crippen LogP contribution in [0.3, 0.4) is 0 Å². The molecule has 1 unspecified atom stereocenters. The van der Waals surface area contributed by atoms with E-state index in [1.807, 2.05) is 13.8 Å². The van der Waals surface area contributed by atoms with Crippen molar-refractivity contribution in [1.82, 2.24) is 0 Å². The summed E-state index contributed by atoms with van der Waals surface area (Å²) >= 11 is 0. The Bertz CT molecular complexity index is 74.6. The van der Waals surface area contributed by atoms with Crippen LogP contribution in [0, 0.1) is 11.5 Å². The van der Waals surface area contributed by atoms with Crippen LogP contribution in [0.1, 0.15) is 20.3 Å². The minimum atomic E-state index is 0.0880. The quantitative estimate of drug-likeness (QED) is 0.488. The fourth-order valence-electron chi connectivity index (χ4n) is 0.173. The van der Waals surface area contributed by atoms with E-state index >= 15 is 0 Å². The fraction of sp³-hybridized carbons (Fsp3) is 0.800. The molecule has 2 heteroatoms. The Hall–Kier alpha value is -0.710. The lowest BCUT2D eigenvalue weighted by Crippen LogP contribution is -1.99. The van der Waals surface area contributed by atoms with Gasteiger partial charge in [0.05, 0.1) is 0 Å². The molecule has 0 bridgehead atoms. The van der Waals surface area contributed by atoms with Crippen LogP contribution in [0.15, 0.2) is 0 Å². The molecule has 2 nitrogen and oxygen atoms in total. The third-order valence-electron chi connectivity index (χ3n) is 0.829. The lowest BCUT2D eigenvalue weighted by Gasteiger charge is -1.99.